The Kier molecular flexibility index (Phi) is 24.0. The average molecular weight is 953 g/mol. The average Bonchev–Trinajstić information content (AvgIpc) is 3.23. The number of aliphatic hydroxyl groups excluding tert-OH is 2. The van der Waals surface area contributed by atoms with E-state index >= 15 is 0 Å². The predicted octanol–water partition coefficient (Wildman–Crippen LogP) is 1.85. The van der Waals surface area contributed by atoms with Crippen LogP contribution in [0.15, 0.2) is 60.7 Å². The fourth-order valence-electron chi connectivity index (χ4n) is 5.97. The third-order valence-electron chi connectivity index (χ3n) is 9.12. The van der Waals surface area contributed by atoms with Crippen molar-refractivity contribution in [1.82, 2.24) is 41.7 Å². The van der Waals surface area contributed by atoms with Crippen LogP contribution in [0.2, 0.25) is 0 Å². The van der Waals surface area contributed by atoms with E-state index in [9.17, 15) is 61.7 Å². The van der Waals surface area contributed by atoms with E-state index in [1.54, 1.807) is 115 Å². The molecule has 0 aliphatic heterocycles. The molecule has 2 unspecified atom stereocenters. The molecule has 22 heteroatoms. The van der Waals surface area contributed by atoms with E-state index in [-0.39, 0.29) is 24.2 Å². The van der Waals surface area contributed by atoms with Gasteiger partial charge in [0, 0.05) is 28.2 Å². The number of hydrogen-bond donors (Lipinski definition) is 8. The number of amides is 8. The summed E-state index contributed by atoms with van der Waals surface area (Å²) in [6.07, 6.45) is -9.37. The molecule has 8 N–H and O–H groups in total. The minimum Gasteiger partial charge on any atom is -0.444 e. The van der Waals surface area contributed by atoms with Crippen molar-refractivity contribution in [2.75, 3.05) is 41.3 Å². The van der Waals surface area contributed by atoms with Crippen molar-refractivity contribution in [1.29, 1.82) is 0 Å². The monoisotopic (exact) mass is 952 g/mol. The van der Waals surface area contributed by atoms with Gasteiger partial charge in [0.2, 0.25) is 23.6 Å². The molecule has 67 heavy (non-hydrogen) atoms. The van der Waals surface area contributed by atoms with Gasteiger partial charge in [0.1, 0.15) is 17.7 Å². The molecular formula is C45H67F3N8O11. The first-order chi connectivity index (χ1) is 30.9. The van der Waals surface area contributed by atoms with Crippen LogP contribution in [0.3, 0.4) is 0 Å². The standard InChI is InChI=1S/C24H38N4O6.C21H29F3N4O5/c1-15(2)13-17(26-23(33)34-24(3,4)5)20(30)21(31)25-14-18(29)27-19(22(32)28(6)7)16-11-9-8-10-12-16;1-12(2)10-14(26-20(33)21(22,23)24)17(30)18(31)25-11-15(29)27-16(19(32)28(3)4)13-8-6-5-7-9-13/h8-12,15,17,19-20,30H,13-14H2,1-7H3,(H,25,31)(H,26,33)(H,27,29);5-9,12,14,16-17,30H,10-11H2,1-4H3,(H,25,31)(H,26,33)(H,27,29)/t17-,19-,20?;14-,16-,17?/m00/s1. The lowest BCUT2D eigenvalue weighted by Crippen LogP contribution is -2.54. The number of nitrogens with zero attached hydrogens (tertiary/aromatic N) is 2. The van der Waals surface area contributed by atoms with Crippen molar-refractivity contribution < 1.29 is 66.5 Å². The summed E-state index contributed by atoms with van der Waals surface area (Å²) in [7, 11) is 6.17. The Morgan fingerprint density at radius 3 is 1.22 bits per heavy atom. The number of halogens is 3. The van der Waals surface area contributed by atoms with Gasteiger partial charge in [0.15, 0.2) is 12.2 Å². The molecule has 0 saturated heterocycles. The summed E-state index contributed by atoms with van der Waals surface area (Å²) < 4.78 is 42.9. The number of carbonyl (C=O) groups is 8. The Labute approximate surface area is 389 Å². The Morgan fingerprint density at radius 1 is 0.582 bits per heavy atom. The molecule has 0 bridgehead atoms. The van der Waals surface area contributed by atoms with Gasteiger partial charge in [0.05, 0.1) is 25.2 Å². The SMILES string of the molecule is CC(C)C[C@H](NC(=O)C(F)(F)F)C(O)C(=O)NCC(=O)N[C@H](C(=O)N(C)C)c1ccccc1.CC(C)C[C@H](NC(=O)OC(C)(C)C)C(O)C(=O)NCC(=O)N[C@H](C(=O)N(C)C)c1ccccc1. The maximum Gasteiger partial charge on any atom is 0.471 e. The number of alkyl halides is 3. The topological polar surface area (TPSA) is 265 Å². The summed E-state index contributed by atoms with van der Waals surface area (Å²) in [4.78, 5) is 101. The summed E-state index contributed by atoms with van der Waals surface area (Å²) in [5, 5.41) is 34.4. The lowest BCUT2D eigenvalue weighted by atomic mass is 9.98. The van der Waals surface area contributed by atoms with Crippen LogP contribution in [0.25, 0.3) is 0 Å². The molecule has 2 rings (SSSR count). The molecule has 8 amide bonds. The highest BCUT2D eigenvalue weighted by atomic mass is 19.4. The smallest absolute Gasteiger partial charge is 0.444 e. The zero-order valence-electron chi connectivity index (χ0n) is 39.8. The summed E-state index contributed by atoms with van der Waals surface area (Å²) in [5.74, 6) is -6.57. The number of rotatable bonds is 20. The van der Waals surface area contributed by atoms with E-state index in [0.717, 1.165) is 0 Å². The van der Waals surface area contributed by atoms with Crippen LogP contribution in [-0.2, 0) is 38.3 Å². The van der Waals surface area contributed by atoms with Gasteiger partial charge in [-0.3, -0.25) is 33.6 Å². The van der Waals surface area contributed by atoms with Gasteiger partial charge in [0.25, 0.3) is 11.8 Å². The number of hydrogen-bond acceptors (Lipinski definition) is 11. The van der Waals surface area contributed by atoms with Gasteiger partial charge < -0.3 is 56.7 Å². The van der Waals surface area contributed by atoms with Crippen molar-refractivity contribution in [2.24, 2.45) is 11.8 Å². The predicted molar refractivity (Wildman–Crippen MR) is 240 cm³/mol. The van der Waals surface area contributed by atoms with Crippen LogP contribution >= 0.6 is 0 Å². The van der Waals surface area contributed by atoms with E-state index in [1.165, 1.54) is 23.9 Å². The Morgan fingerprint density at radius 2 is 0.925 bits per heavy atom. The molecule has 0 aliphatic rings. The Hall–Kier alpha value is -6.29. The highest BCUT2D eigenvalue weighted by Gasteiger charge is 2.42. The summed E-state index contributed by atoms with van der Waals surface area (Å²) >= 11 is 0. The molecule has 0 aromatic heterocycles. The summed E-state index contributed by atoms with van der Waals surface area (Å²) in [5.41, 5.74) is 0.360. The van der Waals surface area contributed by atoms with Gasteiger partial charge in [-0.15, -0.1) is 0 Å². The first-order valence-corrected chi connectivity index (χ1v) is 21.3. The van der Waals surface area contributed by atoms with Crippen LogP contribution in [-0.4, -0.2) is 145 Å². The van der Waals surface area contributed by atoms with Gasteiger partial charge in [-0.1, -0.05) is 88.4 Å². The number of benzene rings is 2. The van der Waals surface area contributed by atoms with Crippen LogP contribution in [0, 0.1) is 11.8 Å². The number of carbonyl (C=O) groups excluding carboxylic acids is 8. The molecule has 0 saturated carbocycles. The van der Waals surface area contributed by atoms with Crippen molar-refractivity contribution in [3.05, 3.63) is 71.8 Å². The van der Waals surface area contributed by atoms with Crippen LogP contribution in [0.1, 0.15) is 84.5 Å². The highest BCUT2D eigenvalue weighted by Crippen LogP contribution is 2.19. The van der Waals surface area contributed by atoms with Crippen LogP contribution in [0.4, 0.5) is 18.0 Å². The maximum absolute atomic E-state index is 12.6. The third-order valence-corrected chi connectivity index (χ3v) is 9.12. The number of nitrogens with one attached hydrogen (secondary N) is 6. The molecular weight excluding hydrogens is 886 g/mol. The second-order valence-corrected chi connectivity index (χ2v) is 17.7. The maximum atomic E-state index is 12.6. The zero-order chi connectivity index (χ0) is 51.4. The van der Waals surface area contributed by atoms with E-state index in [2.05, 4.69) is 26.6 Å². The van der Waals surface area contributed by atoms with Gasteiger partial charge in [-0.2, -0.15) is 13.2 Å². The van der Waals surface area contributed by atoms with Gasteiger partial charge in [-0.05, 0) is 56.6 Å². The van der Waals surface area contributed by atoms with E-state index in [4.69, 9.17) is 4.74 Å². The lowest BCUT2D eigenvalue weighted by molar-refractivity contribution is -0.175. The molecule has 0 aliphatic carbocycles. The second-order valence-electron chi connectivity index (χ2n) is 17.7. The van der Waals surface area contributed by atoms with E-state index < -0.39 is 103 Å². The van der Waals surface area contributed by atoms with Crippen LogP contribution in [0.5, 0.6) is 0 Å². The lowest BCUT2D eigenvalue weighted by Gasteiger charge is -2.27. The fraction of sp³-hybridized carbons (Fsp3) is 0.556. The number of ether oxygens (including phenoxy) is 1. The van der Waals surface area contributed by atoms with Gasteiger partial charge >= 0.3 is 18.2 Å². The first kappa shape index (κ1) is 58.7. The summed E-state index contributed by atoms with van der Waals surface area (Å²) in [6, 6.07) is 12.7. The van der Waals surface area contributed by atoms with E-state index in [0.29, 0.717) is 17.5 Å². The van der Waals surface area contributed by atoms with Crippen molar-refractivity contribution >= 4 is 47.4 Å². The first-order valence-electron chi connectivity index (χ1n) is 21.3. The molecule has 0 heterocycles. The minimum absolute atomic E-state index is 0.0642. The van der Waals surface area contributed by atoms with Crippen LogP contribution < -0.4 is 31.9 Å². The van der Waals surface area contributed by atoms with E-state index in [1.807, 2.05) is 13.8 Å². The number of aliphatic hydroxyl groups is 2. The molecule has 2 aromatic carbocycles. The minimum atomic E-state index is -5.18. The quantitative estimate of drug-likeness (QED) is 0.0950. The molecule has 374 valence electrons. The third kappa shape index (κ3) is 22.2. The highest BCUT2D eigenvalue weighted by molar-refractivity contribution is 5.93. The Bertz CT molecular complexity index is 1950. The Balaban J connectivity index is 0.000000670. The number of alkyl carbamates (subject to hydrolysis) is 1. The molecule has 19 nitrogen and oxygen atoms in total. The van der Waals surface area contributed by atoms with Crippen molar-refractivity contribution in [2.45, 2.75) is 109 Å². The zero-order valence-corrected chi connectivity index (χ0v) is 39.8. The normalized spacial score (nSPS) is 14.0. The molecule has 0 spiro atoms. The van der Waals surface area contributed by atoms with Gasteiger partial charge in [-0.25, -0.2) is 4.79 Å². The summed E-state index contributed by atoms with van der Waals surface area (Å²) in [6.45, 7) is 11.0. The molecule has 2 aromatic rings. The molecule has 6 atom stereocenters. The molecule has 0 fully saturated rings. The largest absolute Gasteiger partial charge is 0.471 e. The second kappa shape index (κ2) is 27.4. The fourth-order valence-corrected chi connectivity index (χ4v) is 5.97. The van der Waals surface area contributed by atoms with Crippen molar-refractivity contribution in [3.8, 4) is 0 Å². The molecule has 0 radical (unpaired) electrons. The van der Waals surface area contributed by atoms with Crippen molar-refractivity contribution in [3.63, 3.8) is 0 Å². The number of likely N-dealkylation sites (N-methyl/N-ethyl adjacent to an activating group) is 2.